The van der Waals surface area contributed by atoms with E-state index < -0.39 is 22.8 Å². The van der Waals surface area contributed by atoms with Gasteiger partial charge in [0.2, 0.25) is 0 Å². The van der Waals surface area contributed by atoms with Crippen LogP contribution in [0.4, 0.5) is 20.3 Å². The van der Waals surface area contributed by atoms with Crippen molar-refractivity contribution in [1.82, 2.24) is 9.97 Å². The average Bonchev–Trinajstić information content (AvgIpc) is 3.54. The number of hydrogen-bond acceptors (Lipinski definition) is 8. The number of methoxy groups -OCH3 is 1. The van der Waals surface area contributed by atoms with Gasteiger partial charge >= 0.3 is 0 Å². The number of fused-ring (bicyclic) bond motifs is 2. The van der Waals surface area contributed by atoms with E-state index in [1.54, 1.807) is 37.6 Å². The minimum atomic E-state index is -1.41. The first-order chi connectivity index (χ1) is 15.9. The lowest BCUT2D eigenvalue weighted by Gasteiger charge is -2.35. The van der Waals surface area contributed by atoms with Crippen LogP contribution in [-0.2, 0) is 10.3 Å². The lowest BCUT2D eigenvalue weighted by molar-refractivity contribution is 0.176. The maximum absolute atomic E-state index is 15.1. The zero-order valence-electron chi connectivity index (χ0n) is 17.7. The van der Waals surface area contributed by atoms with Crippen LogP contribution in [0.2, 0.25) is 0 Å². The molecule has 0 bridgehead atoms. The van der Waals surface area contributed by atoms with Gasteiger partial charge in [-0.05, 0) is 36.8 Å². The number of nitriles is 1. The van der Waals surface area contributed by atoms with Crippen LogP contribution >= 0.6 is 11.8 Å². The molecule has 1 aromatic carbocycles. The molecule has 0 spiro atoms. The Balaban J connectivity index is 1.55. The smallest absolute Gasteiger partial charge is 0.156 e. The van der Waals surface area contributed by atoms with Gasteiger partial charge in [0.05, 0.1) is 16.9 Å². The van der Waals surface area contributed by atoms with E-state index in [9.17, 15) is 4.39 Å². The first-order valence-corrected chi connectivity index (χ1v) is 11.1. The summed E-state index contributed by atoms with van der Waals surface area (Å²) in [6.07, 6.45) is 3.68. The van der Waals surface area contributed by atoms with Crippen molar-refractivity contribution in [3.8, 4) is 6.07 Å². The van der Waals surface area contributed by atoms with E-state index in [1.165, 1.54) is 24.0 Å². The summed E-state index contributed by atoms with van der Waals surface area (Å²) >= 11 is 1.37. The summed E-state index contributed by atoms with van der Waals surface area (Å²) in [4.78, 5) is 13.1. The third kappa shape index (κ3) is 3.48. The molecule has 0 saturated heterocycles. The quantitative estimate of drug-likeness (QED) is 0.565. The topological polar surface area (TPSA) is 109 Å². The second kappa shape index (κ2) is 7.93. The largest absolute Gasteiger partial charge is 0.383 e. The number of aliphatic imine (C=N–C) groups is 1. The maximum atomic E-state index is 15.1. The first-order valence-electron chi connectivity index (χ1n) is 10.3. The molecule has 2 aromatic heterocycles. The number of hydrogen-bond donors (Lipinski definition) is 2. The van der Waals surface area contributed by atoms with Gasteiger partial charge in [-0.2, -0.15) is 5.26 Å². The molecule has 7 nitrogen and oxygen atoms in total. The number of halogens is 2. The monoisotopic (exact) mass is 466 g/mol. The Morgan fingerprint density at radius 1 is 1.33 bits per heavy atom. The van der Waals surface area contributed by atoms with Gasteiger partial charge in [0.15, 0.2) is 11.0 Å². The summed E-state index contributed by atoms with van der Waals surface area (Å²) in [5.74, 6) is -0.354. The van der Waals surface area contributed by atoms with Gasteiger partial charge in [0.25, 0.3) is 0 Å². The standard InChI is InChI=1S/C23H20F2N6OS/c1-32-12-22-8-18(22)23(11-24,31-21(27)33-22)16-7-15(2-3-17(16)25)30-20-19-14(4-5-28-20)6-13(9-26)10-29-19/h2-7,10,18H,8,11-12H2,1H3,(H2,27,31)(H,28,30)/t18-,22-,23-/m1/s1. The summed E-state index contributed by atoms with van der Waals surface area (Å²) < 4.78 is 34.7. The molecule has 0 amide bonds. The Bertz CT molecular complexity index is 1330. The van der Waals surface area contributed by atoms with E-state index in [0.29, 0.717) is 35.6 Å². The van der Waals surface area contributed by atoms with Crippen LogP contribution < -0.4 is 11.1 Å². The molecule has 33 heavy (non-hydrogen) atoms. The summed E-state index contributed by atoms with van der Waals surface area (Å²) in [7, 11) is 1.58. The Morgan fingerprint density at radius 3 is 2.94 bits per heavy atom. The first kappa shape index (κ1) is 21.6. The fraction of sp³-hybridized carbons (Fsp3) is 0.304. The average molecular weight is 467 g/mol. The zero-order chi connectivity index (χ0) is 23.2. The van der Waals surface area contributed by atoms with Crippen LogP contribution in [0.5, 0.6) is 0 Å². The molecule has 3 atom stereocenters. The molecule has 5 rings (SSSR count). The Kier molecular flexibility index (Phi) is 5.18. The number of rotatable bonds is 6. The number of nitrogens with zero attached hydrogens (tertiary/aromatic N) is 4. The Hall–Kier alpha value is -3.29. The summed E-state index contributed by atoms with van der Waals surface area (Å²) in [6, 6.07) is 9.92. The normalized spacial score (nSPS) is 25.8. The van der Waals surface area contributed by atoms with Gasteiger partial charge in [-0.25, -0.2) is 18.8 Å². The zero-order valence-corrected chi connectivity index (χ0v) is 18.5. The summed E-state index contributed by atoms with van der Waals surface area (Å²) in [5.41, 5.74) is 6.29. The highest BCUT2D eigenvalue weighted by Crippen LogP contribution is 2.66. The highest BCUT2D eigenvalue weighted by atomic mass is 32.2. The lowest BCUT2D eigenvalue weighted by Crippen LogP contribution is -2.41. The van der Waals surface area contributed by atoms with Crippen LogP contribution in [0, 0.1) is 23.1 Å². The molecule has 0 unspecified atom stereocenters. The van der Waals surface area contributed by atoms with E-state index in [0.717, 1.165) is 5.39 Å². The minimum Gasteiger partial charge on any atom is -0.383 e. The van der Waals surface area contributed by atoms with Crippen LogP contribution in [0.25, 0.3) is 10.9 Å². The number of pyridine rings is 2. The van der Waals surface area contributed by atoms with Crippen LogP contribution in [0.15, 0.2) is 47.7 Å². The molecule has 168 valence electrons. The molecule has 10 heteroatoms. The van der Waals surface area contributed by atoms with Crippen molar-refractivity contribution in [3.05, 3.63) is 59.7 Å². The van der Waals surface area contributed by atoms with Gasteiger partial charge in [-0.1, -0.05) is 11.8 Å². The second-order valence-corrected chi connectivity index (χ2v) is 9.69. The van der Waals surface area contributed by atoms with Gasteiger partial charge in [-0.15, -0.1) is 0 Å². The van der Waals surface area contributed by atoms with Crippen LogP contribution in [0.3, 0.4) is 0 Å². The van der Waals surface area contributed by atoms with E-state index in [1.807, 2.05) is 0 Å². The molecular weight excluding hydrogens is 446 g/mol. The van der Waals surface area contributed by atoms with Gasteiger partial charge in [-0.3, -0.25) is 4.98 Å². The molecule has 1 fully saturated rings. The number of amidine groups is 1. The fourth-order valence-corrected chi connectivity index (χ4v) is 6.06. The second-order valence-electron chi connectivity index (χ2n) is 8.25. The predicted molar refractivity (Wildman–Crippen MR) is 124 cm³/mol. The Labute approximate surface area is 193 Å². The van der Waals surface area contributed by atoms with Crippen molar-refractivity contribution in [2.75, 3.05) is 25.7 Å². The van der Waals surface area contributed by atoms with E-state index in [4.69, 9.17) is 15.7 Å². The SMILES string of the molecule is COC[C@]12C[C@H]1[C@@](CF)(c1cc(Nc3nccc4cc(C#N)cnc34)ccc1F)N=C(N)S2. The van der Waals surface area contributed by atoms with Crippen LogP contribution in [-0.4, -0.2) is 40.3 Å². The number of alkyl halides is 1. The number of aromatic nitrogens is 2. The van der Waals surface area contributed by atoms with Crippen molar-refractivity contribution in [2.45, 2.75) is 16.7 Å². The van der Waals surface area contributed by atoms with Crippen molar-refractivity contribution in [1.29, 1.82) is 5.26 Å². The maximum Gasteiger partial charge on any atom is 0.156 e. The third-order valence-electron chi connectivity index (χ3n) is 6.23. The van der Waals surface area contributed by atoms with Gasteiger partial charge < -0.3 is 15.8 Å². The predicted octanol–water partition coefficient (Wildman–Crippen LogP) is 4.02. The number of anilines is 2. The Morgan fingerprint density at radius 2 is 2.18 bits per heavy atom. The van der Waals surface area contributed by atoms with E-state index in [-0.39, 0.29) is 16.6 Å². The van der Waals surface area contributed by atoms with Crippen molar-refractivity contribution >= 4 is 39.3 Å². The number of nitrogens with two attached hydrogens (primary N) is 1. The highest BCUT2D eigenvalue weighted by Gasteiger charge is 2.68. The third-order valence-corrected chi connectivity index (χ3v) is 7.51. The molecule has 3 N–H and O–H groups in total. The number of nitrogens with one attached hydrogen (secondary N) is 1. The van der Waals surface area contributed by atoms with Crippen molar-refractivity contribution in [3.63, 3.8) is 0 Å². The molecular formula is C23H20F2N6OS. The van der Waals surface area contributed by atoms with E-state index >= 15 is 4.39 Å². The van der Waals surface area contributed by atoms with Crippen molar-refractivity contribution < 1.29 is 13.5 Å². The van der Waals surface area contributed by atoms with E-state index in [2.05, 4.69) is 26.3 Å². The fourth-order valence-electron chi connectivity index (χ4n) is 4.67. The number of ether oxygens (including phenoxy) is 1. The minimum absolute atomic E-state index is 0.140. The van der Waals surface area contributed by atoms with Gasteiger partial charge in [0, 0.05) is 42.1 Å². The van der Waals surface area contributed by atoms with Gasteiger partial charge in [0.1, 0.15) is 29.6 Å². The molecule has 0 radical (unpaired) electrons. The van der Waals surface area contributed by atoms with Crippen molar-refractivity contribution in [2.24, 2.45) is 16.6 Å². The lowest BCUT2D eigenvalue weighted by atomic mass is 9.84. The molecule has 3 heterocycles. The summed E-state index contributed by atoms with van der Waals surface area (Å²) in [5, 5.41) is 13.2. The molecule has 2 aliphatic rings. The molecule has 3 aromatic rings. The molecule has 1 saturated carbocycles. The molecule has 1 aliphatic carbocycles. The number of thioether (sulfide) groups is 1. The molecule has 1 aliphatic heterocycles. The highest BCUT2D eigenvalue weighted by molar-refractivity contribution is 8.15. The summed E-state index contributed by atoms with van der Waals surface area (Å²) in [6.45, 7) is -0.494. The van der Waals surface area contributed by atoms with Crippen LogP contribution in [0.1, 0.15) is 17.5 Å². The number of benzene rings is 1.